The van der Waals surface area contributed by atoms with Crippen molar-refractivity contribution >= 4 is 23.4 Å². The number of carboxylic acids is 1. The predicted molar refractivity (Wildman–Crippen MR) is 81.7 cm³/mol. The van der Waals surface area contributed by atoms with E-state index in [0.29, 0.717) is 18.2 Å². The predicted octanol–water partition coefficient (Wildman–Crippen LogP) is 2.08. The van der Waals surface area contributed by atoms with Crippen molar-refractivity contribution in [2.24, 2.45) is 5.92 Å². The van der Waals surface area contributed by atoms with Crippen LogP contribution in [0.3, 0.4) is 0 Å². The summed E-state index contributed by atoms with van der Waals surface area (Å²) in [6, 6.07) is 7.08. The van der Waals surface area contributed by atoms with Gasteiger partial charge in [0.15, 0.2) is 0 Å². The summed E-state index contributed by atoms with van der Waals surface area (Å²) < 4.78 is 0. The molecule has 2 rings (SSSR count). The number of anilines is 2. The van der Waals surface area contributed by atoms with E-state index in [0.717, 1.165) is 18.5 Å². The van der Waals surface area contributed by atoms with Crippen molar-refractivity contribution in [1.82, 2.24) is 4.90 Å². The maximum atomic E-state index is 12.2. The number of amides is 2. The van der Waals surface area contributed by atoms with Gasteiger partial charge in [-0.15, -0.1) is 0 Å². The minimum Gasteiger partial charge on any atom is -0.480 e. The second kappa shape index (κ2) is 6.47. The summed E-state index contributed by atoms with van der Waals surface area (Å²) in [6.45, 7) is 0.237. The Kier molecular flexibility index (Phi) is 4.67. The van der Waals surface area contributed by atoms with Crippen LogP contribution < -0.4 is 10.2 Å². The van der Waals surface area contributed by atoms with Crippen molar-refractivity contribution in [3.63, 3.8) is 0 Å². The summed E-state index contributed by atoms with van der Waals surface area (Å²) in [5, 5.41) is 11.7. The summed E-state index contributed by atoms with van der Waals surface area (Å²) in [4.78, 5) is 26.4. The molecule has 0 aliphatic heterocycles. The van der Waals surface area contributed by atoms with Crippen LogP contribution in [0.2, 0.25) is 0 Å². The summed E-state index contributed by atoms with van der Waals surface area (Å²) >= 11 is 0. The van der Waals surface area contributed by atoms with Crippen LogP contribution in [-0.4, -0.2) is 49.2 Å². The highest BCUT2D eigenvalue weighted by Gasteiger charge is 2.28. The molecule has 0 saturated heterocycles. The number of rotatable bonds is 6. The Morgan fingerprint density at radius 1 is 1.33 bits per heavy atom. The van der Waals surface area contributed by atoms with Crippen molar-refractivity contribution < 1.29 is 14.7 Å². The van der Waals surface area contributed by atoms with Gasteiger partial charge in [0.25, 0.3) is 0 Å². The third-order valence-electron chi connectivity index (χ3n) is 3.40. The molecule has 6 nitrogen and oxygen atoms in total. The molecule has 1 aromatic carbocycles. The van der Waals surface area contributed by atoms with Gasteiger partial charge in [-0.2, -0.15) is 0 Å². The largest absolute Gasteiger partial charge is 0.480 e. The zero-order valence-electron chi connectivity index (χ0n) is 12.4. The highest BCUT2D eigenvalue weighted by molar-refractivity contribution is 5.91. The zero-order chi connectivity index (χ0) is 15.4. The molecule has 1 fully saturated rings. The lowest BCUT2D eigenvalue weighted by Crippen LogP contribution is -2.40. The normalized spacial score (nSPS) is 13.6. The van der Waals surface area contributed by atoms with Crippen LogP contribution in [-0.2, 0) is 4.79 Å². The van der Waals surface area contributed by atoms with E-state index in [-0.39, 0.29) is 12.6 Å². The third kappa shape index (κ3) is 4.66. The Bertz CT molecular complexity index is 527. The van der Waals surface area contributed by atoms with Gasteiger partial charge >= 0.3 is 12.0 Å². The molecule has 1 aliphatic rings. The van der Waals surface area contributed by atoms with E-state index < -0.39 is 5.97 Å². The number of aliphatic carboxylic acids is 1. The highest BCUT2D eigenvalue weighted by Crippen LogP contribution is 2.30. The first-order valence-electron chi connectivity index (χ1n) is 7.01. The number of urea groups is 1. The Hall–Kier alpha value is -2.24. The summed E-state index contributed by atoms with van der Waals surface area (Å²) in [6.07, 6.45) is 2.14. The molecule has 114 valence electrons. The van der Waals surface area contributed by atoms with E-state index in [1.165, 1.54) is 4.90 Å². The van der Waals surface area contributed by atoms with Crippen LogP contribution in [0.4, 0.5) is 16.2 Å². The Labute approximate surface area is 124 Å². The molecule has 0 aromatic heterocycles. The van der Waals surface area contributed by atoms with E-state index >= 15 is 0 Å². The molecule has 2 amide bonds. The zero-order valence-corrected chi connectivity index (χ0v) is 12.4. The number of hydrogen-bond acceptors (Lipinski definition) is 3. The minimum atomic E-state index is -0.993. The molecule has 6 heteroatoms. The number of carboxylic acid groups (broad SMARTS) is 1. The van der Waals surface area contributed by atoms with Gasteiger partial charge in [0.05, 0.1) is 0 Å². The molecule has 0 radical (unpaired) electrons. The van der Waals surface area contributed by atoms with Crippen LogP contribution >= 0.6 is 0 Å². The first-order valence-corrected chi connectivity index (χ1v) is 7.01. The number of hydrogen-bond donors (Lipinski definition) is 2. The molecular weight excluding hydrogens is 270 g/mol. The van der Waals surface area contributed by atoms with E-state index in [2.05, 4.69) is 5.32 Å². The fourth-order valence-corrected chi connectivity index (χ4v) is 2.06. The molecule has 0 spiro atoms. The lowest BCUT2D eigenvalue weighted by atomic mass is 10.2. The Morgan fingerprint density at radius 3 is 2.62 bits per heavy atom. The monoisotopic (exact) mass is 291 g/mol. The second-order valence-corrected chi connectivity index (χ2v) is 5.59. The third-order valence-corrected chi connectivity index (χ3v) is 3.40. The van der Waals surface area contributed by atoms with Gasteiger partial charge in [0.1, 0.15) is 6.54 Å². The summed E-state index contributed by atoms with van der Waals surface area (Å²) in [5.74, 6) is -0.545. The lowest BCUT2D eigenvalue weighted by Gasteiger charge is -2.21. The number of carbonyl (C=O) groups excluding carboxylic acids is 1. The second-order valence-electron chi connectivity index (χ2n) is 5.59. The molecule has 1 saturated carbocycles. The minimum absolute atomic E-state index is 0.268. The van der Waals surface area contributed by atoms with E-state index in [1.807, 2.05) is 37.2 Å². The molecule has 0 unspecified atom stereocenters. The standard InChI is InChI=1S/C15H21N3O3/c1-17(2)13-5-3-4-12(8-13)16-15(21)18(10-14(19)20)9-11-6-7-11/h3-5,8,11H,6-7,9-10H2,1-2H3,(H,16,21)(H,19,20). The lowest BCUT2D eigenvalue weighted by molar-refractivity contribution is -0.137. The summed E-state index contributed by atoms with van der Waals surface area (Å²) in [7, 11) is 3.84. The van der Waals surface area contributed by atoms with Crippen LogP contribution in [0.1, 0.15) is 12.8 Å². The molecule has 0 atom stereocenters. The fraction of sp³-hybridized carbons (Fsp3) is 0.467. The van der Waals surface area contributed by atoms with Crippen molar-refractivity contribution in [2.75, 3.05) is 37.4 Å². The van der Waals surface area contributed by atoms with E-state index in [4.69, 9.17) is 5.11 Å². The van der Waals surface area contributed by atoms with Crippen LogP contribution in [0.5, 0.6) is 0 Å². The molecule has 1 aliphatic carbocycles. The van der Waals surface area contributed by atoms with Gasteiger partial charge in [0, 0.05) is 32.0 Å². The SMILES string of the molecule is CN(C)c1cccc(NC(=O)N(CC(=O)O)CC2CC2)c1. The van der Waals surface area contributed by atoms with Gasteiger partial charge in [-0.25, -0.2) is 4.79 Å². The van der Waals surface area contributed by atoms with Crippen molar-refractivity contribution in [3.8, 4) is 0 Å². The highest BCUT2D eigenvalue weighted by atomic mass is 16.4. The van der Waals surface area contributed by atoms with Crippen LogP contribution in [0.25, 0.3) is 0 Å². The smallest absolute Gasteiger partial charge is 0.323 e. The van der Waals surface area contributed by atoms with E-state index in [1.54, 1.807) is 6.07 Å². The van der Waals surface area contributed by atoms with Gasteiger partial charge < -0.3 is 20.2 Å². The number of nitrogens with one attached hydrogen (secondary N) is 1. The summed E-state index contributed by atoms with van der Waals surface area (Å²) in [5.41, 5.74) is 1.64. The maximum Gasteiger partial charge on any atom is 0.323 e. The quantitative estimate of drug-likeness (QED) is 0.841. The van der Waals surface area contributed by atoms with Gasteiger partial charge in [-0.1, -0.05) is 6.07 Å². The number of carbonyl (C=O) groups is 2. The first-order chi connectivity index (χ1) is 9.95. The van der Waals surface area contributed by atoms with Crippen molar-refractivity contribution in [3.05, 3.63) is 24.3 Å². The molecule has 0 heterocycles. The maximum absolute atomic E-state index is 12.2. The van der Waals surface area contributed by atoms with Crippen LogP contribution in [0, 0.1) is 5.92 Å². The molecular formula is C15H21N3O3. The van der Waals surface area contributed by atoms with Crippen molar-refractivity contribution in [1.29, 1.82) is 0 Å². The molecule has 0 bridgehead atoms. The molecule has 21 heavy (non-hydrogen) atoms. The van der Waals surface area contributed by atoms with Gasteiger partial charge in [-0.05, 0) is 37.0 Å². The average molecular weight is 291 g/mol. The number of benzene rings is 1. The van der Waals surface area contributed by atoms with Gasteiger partial charge in [0.2, 0.25) is 0 Å². The van der Waals surface area contributed by atoms with E-state index in [9.17, 15) is 9.59 Å². The van der Waals surface area contributed by atoms with Gasteiger partial charge in [-0.3, -0.25) is 4.79 Å². The molecule has 1 aromatic rings. The Morgan fingerprint density at radius 2 is 2.05 bits per heavy atom. The first kappa shape index (κ1) is 15.2. The topological polar surface area (TPSA) is 72.9 Å². The Balaban J connectivity index is 2.02. The molecule has 2 N–H and O–H groups in total. The fourth-order valence-electron chi connectivity index (χ4n) is 2.06. The van der Waals surface area contributed by atoms with Crippen molar-refractivity contribution in [2.45, 2.75) is 12.8 Å². The number of nitrogens with zero attached hydrogens (tertiary/aromatic N) is 2. The average Bonchev–Trinajstić information content (AvgIpc) is 3.21. The van der Waals surface area contributed by atoms with Crippen LogP contribution in [0.15, 0.2) is 24.3 Å².